The maximum Gasteiger partial charge on any atom is 0.0984 e. The van der Waals surface area contributed by atoms with E-state index in [1.54, 1.807) is 0 Å². The summed E-state index contributed by atoms with van der Waals surface area (Å²) in [6.07, 6.45) is 0. The first-order valence-corrected chi connectivity index (χ1v) is 9.08. The first-order valence-electron chi connectivity index (χ1n) is 7.50. The molecule has 0 bridgehead atoms. The van der Waals surface area contributed by atoms with Crippen LogP contribution in [0.25, 0.3) is 33.5 Å². The van der Waals surface area contributed by atoms with Gasteiger partial charge in [-0.15, -0.1) is 0 Å². The topological polar surface area (TPSA) is 25.8 Å². The van der Waals surface area contributed by atoms with Crippen LogP contribution in [-0.2, 0) is 0 Å². The van der Waals surface area contributed by atoms with Crippen molar-refractivity contribution >= 4 is 42.9 Å². The lowest BCUT2D eigenvalue weighted by atomic mass is 10.0. The Labute approximate surface area is 156 Å². The summed E-state index contributed by atoms with van der Waals surface area (Å²) in [5.74, 6) is 0. The highest BCUT2D eigenvalue weighted by Crippen LogP contribution is 2.35. The Balaban J connectivity index is 2.04. The number of para-hydroxylation sites is 2. The second-order valence-electron chi connectivity index (χ2n) is 5.40. The van der Waals surface area contributed by atoms with Crippen molar-refractivity contribution in [3.8, 4) is 22.5 Å². The van der Waals surface area contributed by atoms with Gasteiger partial charge in [-0.3, -0.25) is 0 Å². The van der Waals surface area contributed by atoms with E-state index in [1.807, 2.05) is 54.6 Å². The summed E-state index contributed by atoms with van der Waals surface area (Å²) in [4.78, 5) is 9.79. The predicted octanol–water partition coefficient (Wildman–Crippen LogP) is 6.49. The van der Waals surface area contributed by atoms with Gasteiger partial charge in [-0.2, -0.15) is 0 Å². The van der Waals surface area contributed by atoms with Crippen LogP contribution in [0.1, 0.15) is 0 Å². The van der Waals surface area contributed by atoms with Crippen LogP contribution in [0, 0.1) is 0 Å². The molecule has 0 saturated heterocycles. The third-order valence-electron chi connectivity index (χ3n) is 3.82. The van der Waals surface area contributed by atoms with E-state index in [2.05, 4.69) is 50.1 Å². The molecule has 1 heterocycles. The summed E-state index contributed by atoms with van der Waals surface area (Å²) in [6, 6.07) is 24.2. The Bertz CT molecular complexity index is 1030. The van der Waals surface area contributed by atoms with Gasteiger partial charge in [0.25, 0.3) is 0 Å². The Morgan fingerprint density at radius 3 is 1.83 bits per heavy atom. The van der Waals surface area contributed by atoms with Crippen LogP contribution in [-0.4, -0.2) is 9.97 Å². The van der Waals surface area contributed by atoms with Crippen LogP contribution in [0.5, 0.6) is 0 Å². The normalized spacial score (nSPS) is 10.9. The summed E-state index contributed by atoms with van der Waals surface area (Å²) in [7, 11) is 0. The summed E-state index contributed by atoms with van der Waals surface area (Å²) in [5, 5.41) is 0. The summed E-state index contributed by atoms with van der Waals surface area (Å²) < 4.78 is 2.05. The minimum atomic E-state index is 0.878. The van der Waals surface area contributed by atoms with Crippen molar-refractivity contribution in [2.45, 2.75) is 0 Å². The summed E-state index contributed by atoms with van der Waals surface area (Å²) in [5.41, 5.74) is 5.63. The fourth-order valence-electron chi connectivity index (χ4n) is 2.65. The second-order valence-corrected chi connectivity index (χ2v) is 7.17. The number of halogens is 2. The fraction of sp³-hybridized carbons (Fsp3) is 0. The lowest BCUT2D eigenvalue weighted by Gasteiger charge is -2.12. The van der Waals surface area contributed by atoms with E-state index in [0.29, 0.717) is 0 Å². The Kier molecular flexibility index (Phi) is 4.17. The molecule has 0 fully saturated rings. The zero-order valence-electron chi connectivity index (χ0n) is 12.6. The van der Waals surface area contributed by atoms with Gasteiger partial charge in [0.1, 0.15) is 0 Å². The van der Waals surface area contributed by atoms with Crippen LogP contribution in [0.15, 0.2) is 81.7 Å². The highest BCUT2D eigenvalue weighted by atomic mass is 79.9. The molecule has 0 unspecified atom stereocenters. The fourth-order valence-corrected chi connectivity index (χ4v) is 3.39. The standard InChI is InChI=1S/C20H12Br2N2/c21-14-11-9-13(10-12-14)19-20(15-5-1-2-6-16(15)22)24-18-8-4-3-7-17(18)23-19/h1-12H. The number of aromatic nitrogens is 2. The van der Waals surface area contributed by atoms with Gasteiger partial charge >= 0.3 is 0 Å². The summed E-state index contributed by atoms with van der Waals surface area (Å²) in [6.45, 7) is 0. The van der Waals surface area contributed by atoms with Gasteiger partial charge in [-0.05, 0) is 30.3 Å². The Morgan fingerprint density at radius 1 is 0.583 bits per heavy atom. The monoisotopic (exact) mass is 438 g/mol. The third kappa shape index (κ3) is 2.87. The van der Waals surface area contributed by atoms with E-state index in [9.17, 15) is 0 Å². The first kappa shape index (κ1) is 15.5. The molecular formula is C20H12Br2N2. The van der Waals surface area contributed by atoms with Crippen molar-refractivity contribution in [2.75, 3.05) is 0 Å². The lowest BCUT2D eigenvalue weighted by molar-refractivity contribution is 1.29. The Hall–Kier alpha value is -2.04. The molecule has 0 saturated carbocycles. The molecule has 1 aromatic heterocycles. The smallest absolute Gasteiger partial charge is 0.0984 e. The molecule has 0 spiro atoms. The molecule has 0 amide bonds. The third-order valence-corrected chi connectivity index (χ3v) is 5.04. The zero-order chi connectivity index (χ0) is 16.5. The maximum absolute atomic E-state index is 4.90. The van der Waals surface area contributed by atoms with Crippen LogP contribution < -0.4 is 0 Å². The van der Waals surface area contributed by atoms with E-state index < -0.39 is 0 Å². The van der Waals surface area contributed by atoms with Crippen molar-refractivity contribution in [1.29, 1.82) is 0 Å². The lowest BCUT2D eigenvalue weighted by Crippen LogP contribution is -1.96. The van der Waals surface area contributed by atoms with Crippen molar-refractivity contribution in [2.24, 2.45) is 0 Å². The molecular weight excluding hydrogens is 428 g/mol. The molecule has 0 N–H and O–H groups in total. The van der Waals surface area contributed by atoms with Crippen LogP contribution in [0.2, 0.25) is 0 Å². The largest absolute Gasteiger partial charge is 0.244 e. The van der Waals surface area contributed by atoms with Crippen molar-refractivity contribution < 1.29 is 0 Å². The molecule has 24 heavy (non-hydrogen) atoms. The van der Waals surface area contributed by atoms with Crippen molar-refractivity contribution in [3.63, 3.8) is 0 Å². The molecule has 116 valence electrons. The highest BCUT2D eigenvalue weighted by molar-refractivity contribution is 9.10. The minimum absolute atomic E-state index is 0.878. The van der Waals surface area contributed by atoms with Crippen molar-refractivity contribution in [3.05, 3.63) is 81.7 Å². The zero-order valence-corrected chi connectivity index (χ0v) is 15.8. The number of benzene rings is 3. The van der Waals surface area contributed by atoms with Gasteiger partial charge in [-0.25, -0.2) is 9.97 Å². The SMILES string of the molecule is Brc1ccc(-c2nc3ccccc3nc2-c2ccccc2Br)cc1. The molecule has 4 rings (SSSR count). The molecule has 0 aliphatic rings. The van der Waals surface area contributed by atoms with Gasteiger partial charge in [0, 0.05) is 20.1 Å². The molecule has 0 atom stereocenters. The van der Waals surface area contributed by atoms with Gasteiger partial charge in [0.05, 0.1) is 22.4 Å². The molecule has 2 nitrogen and oxygen atoms in total. The second kappa shape index (κ2) is 6.46. The van der Waals surface area contributed by atoms with E-state index in [0.717, 1.165) is 42.5 Å². The average Bonchev–Trinajstić information content (AvgIpc) is 2.62. The molecule has 0 radical (unpaired) electrons. The first-order chi connectivity index (χ1) is 11.7. The van der Waals surface area contributed by atoms with Crippen LogP contribution >= 0.6 is 31.9 Å². The predicted molar refractivity (Wildman–Crippen MR) is 106 cm³/mol. The minimum Gasteiger partial charge on any atom is -0.244 e. The molecule has 0 aliphatic carbocycles. The number of nitrogens with zero attached hydrogens (tertiary/aromatic N) is 2. The van der Waals surface area contributed by atoms with E-state index in [1.165, 1.54) is 0 Å². The van der Waals surface area contributed by atoms with Gasteiger partial charge in [0.2, 0.25) is 0 Å². The number of rotatable bonds is 2. The molecule has 3 aromatic carbocycles. The molecule has 4 aromatic rings. The highest BCUT2D eigenvalue weighted by Gasteiger charge is 2.15. The van der Waals surface area contributed by atoms with Crippen LogP contribution in [0.3, 0.4) is 0 Å². The summed E-state index contributed by atoms with van der Waals surface area (Å²) >= 11 is 7.13. The quantitative estimate of drug-likeness (QED) is 0.356. The number of hydrogen-bond donors (Lipinski definition) is 0. The molecule has 4 heteroatoms. The van der Waals surface area contributed by atoms with Gasteiger partial charge < -0.3 is 0 Å². The van der Waals surface area contributed by atoms with Gasteiger partial charge in [0.15, 0.2) is 0 Å². The van der Waals surface area contributed by atoms with E-state index >= 15 is 0 Å². The van der Waals surface area contributed by atoms with E-state index in [-0.39, 0.29) is 0 Å². The maximum atomic E-state index is 4.90. The van der Waals surface area contributed by atoms with E-state index in [4.69, 9.17) is 9.97 Å². The van der Waals surface area contributed by atoms with Crippen LogP contribution in [0.4, 0.5) is 0 Å². The molecule has 0 aliphatic heterocycles. The van der Waals surface area contributed by atoms with Gasteiger partial charge in [-0.1, -0.05) is 74.3 Å². The Morgan fingerprint density at radius 2 is 1.17 bits per heavy atom. The number of fused-ring (bicyclic) bond motifs is 1. The average molecular weight is 440 g/mol. The van der Waals surface area contributed by atoms with Crippen molar-refractivity contribution in [1.82, 2.24) is 9.97 Å². The number of hydrogen-bond acceptors (Lipinski definition) is 2.